The van der Waals surface area contributed by atoms with Crippen molar-refractivity contribution in [1.82, 2.24) is 0 Å². The van der Waals surface area contributed by atoms with Gasteiger partial charge in [-0.3, -0.25) is 0 Å². The quantitative estimate of drug-likeness (QED) is 0.544. The van der Waals surface area contributed by atoms with E-state index < -0.39 is 0 Å². The van der Waals surface area contributed by atoms with E-state index in [-0.39, 0.29) is 0 Å². The van der Waals surface area contributed by atoms with Crippen LogP contribution in [-0.2, 0) is 0 Å². The molecule has 0 saturated heterocycles. The van der Waals surface area contributed by atoms with Crippen molar-refractivity contribution < 1.29 is 0 Å². The Balaban J connectivity index is 3.52. The molecule has 0 radical (unpaired) electrons. The van der Waals surface area contributed by atoms with Gasteiger partial charge in [-0.05, 0) is 49.7 Å². The average Bonchev–Trinajstić information content (AvgIpc) is 2.09. The van der Waals surface area contributed by atoms with Crippen molar-refractivity contribution in [2.75, 3.05) is 0 Å². The highest BCUT2D eigenvalue weighted by molar-refractivity contribution is 9.10. The van der Waals surface area contributed by atoms with Crippen LogP contribution in [0.3, 0.4) is 0 Å². The Bertz CT molecular complexity index is 392. The molecule has 0 saturated carbocycles. The highest BCUT2D eigenvalue weighted by atomic mass is 79.9. The Kier molecular flexibility index (Phi) is 3.37. The molecule has 0 unspecified atom stereocenters. The van der Waals surface area contributed by atoms with Crippen molar-refractivity contribution in [3.63, 3.8) is 0 Å². The molecule has 0 aliphatic heterocycles. The lowest BCUT2D eigenvalue weighted by Gasteiger charge is -2.08. The molecule has 0 bridgehead atoms. The van der Waals surface area contributed by atoms with E-state index in [0.29, 0.717) is 0 Å². The van der Waals surface area contributed by atoms with Gasteiger partial charge in [-0.1, -0.05) is 22.0 Å². The average molecular weight is 256 g/mol. The molecular weight excluding hydrogens is 246 g/mol. The Morgan fingerprint density at radius 2 is 1.92 bits per heavy atom. The lowest BCUT2D eigenvalue weighted by Crippen LogP contribution is -1.86. The van der Waals surface area contributed by atoms with Crippen LogP contribution in [0.4, 0.5) is 5.69 Å². The van der Waals surface area contributed by atoms with E-state index in [4.69, 9.17) is 0 Å². The number of hydrogen-bond donors (Lipinski definition) is 0. The summed E-state index contributed by atoms with van der Waals surface area (Å²) in [5.41, 5.74) is 4.40. The van der Waals surface area contributed by atoms with Crippen LogP contribution in [0.2, 0.25) is 0 Å². The second-order valence-corrected chi connectivity index (χ2v) is 3.98. The maximum absolute atomic E-state index is 4.60. The van der Waals surface area contributed by atoms with E-state index in [1.54, 1.807) is 0 Å². The molecule has 0 heterocycles. The standard InChI is InChI=1S/C10H10BrNS/c1-6-4-7(2)10(12-5-13)8(3)9(6)11/h4H,1-3H3. The van der Waals surface area contributed by atoms with Crippen molar-refractivity contribution in [3.05, 3.63) is 27.2 Å². The number of nitrogens with zero attached hydrogens (tertiary/aromatic N) is 1. The van der Waals surface area contributed by atoms with Gasteiger partial charge < -0.3 is 0 Å². The molecule has 1 rings (SSSR count). The van der Waals surface area contributed by atoms with Gasteiger partial charge in [0.2, 0.25) is 0 Å². The van der Waals surface area contributed by atoms with Crippen molar-refractivity contribution in [2.45, 2.75) is 20.8 Å². The molecule has 1 aromatic rings. The molecular formula is C10H10BrNS. The van der Waals surface area contributed by atoms with E-state index in [1.807, 2.05) is 13.8 Å². The largest absolute Gasteiger partial charge is 0.194 e. The monoisotopic (exact) mass is 255 g/mol. The molecule has 1 nitrogen and oxygen atoms in total. The number of isothiocyanates is 1. The number of thiocarbonyl (C=S) groups is 1. The molecule has 3 heteroatoms. The van der Waals surface area contributed by atoms with E-state index in [0.717, 1.165) is 21.3 Å². The van der Waals surface area contributed by atoms with Gasteiger partial charge in [-0.2, -0.15) is 4.99 Å². The van der Waals surface area contributed by atoms with Crippen LogP contribution >= 0.6 is 28.1 Å². The van der Waals surface area contributed by atoms with Gasteiger partial charge in [0.1, 0.15) is 0 Å². The molecule has 0 spiro atoms. The highest BCUT2D eigenvalue weighted by Crippen LogP contribution is 2.32. The topological polar surface area (TPSA) is 12.4 Å². The fraction of sp³-hybridized carbons (Fsp3) is 0.300. The second kappa shape index (κ2) is 4.14. The zero-order valence-corrected chi connectivity index (χ0v) is 10.2. The lowest BCUT2D eigenvalue weighted by molar-refractivity contribution is 1.27. The maximum Gasteiger partial charge on any atom is 0.0809 e. The molecule has 13 heavy (non-hydrogen) atoms. The van der Waals surface area contributed by atoms with Gasteiger partial charge in [0.25, 0.3) is 0 Å². The van der Waals surface area contributed by atoms with Gasteiger partial charge in [0, 0.05) is 4.47 Å². The summed E-state index contributed by atoms with van der Waals surface area (Å²) in [5.74, 6) is 0. The summed E-state index contributed by atoms with van der Waals surface area (Å²) in [6.45, 7) is 6.11. The van der Waals surface area contributed by atoms with Crippen LogP contribution in [0.25, 0.3) is 0 Å². The van der Waals surface area contributed by atoms with Crippen LogP contribution in [0.15, 0.2) is 15.5 Å². The molecule has 0 aliphatic rings. The Morgan fingerprint density at radius 3 is 2.46 bits per heavy atom. The first-order valence-electron chi connectivity index (χ1n) is 3.92. The third-order valence-corrected chi connectivity index (χ3v) is 3.31. The van der Waals surface area contributed by atoms with E-state index in [9.17, 15) is 0 Å². The van der Waals surface area contributed by atoms with Crippen molar-refractivity contribution in [3.8, 4) is 0 Å². The normalized spacial score (nSPS) is 9.54. The van der Waals surface area contributed by atoms with Gasteiger partial charge in [0.15, 0.2) is 0 Å². The Labute approximate surface area is 92.0 Å². The van der Waals surface area contributed by atoms with Gasteiger partial charge in [-0.15, -0.1) is 0 Å². The van der Waals surface area contributed by atoms with Crippen LogP contribution in [-0.4, -0.2) is 5.16 Å². The number of rotatable bonds is 1. The summed E-state index contributed by atoms with van der Waals surface area (Å²) >= 11 is 8.11. The Hall–Kier alpha value is -0.500. The molecule has 0 atom stereocenters. The second-order valence-electron chi connectivity index (χ2n) is 3.00. The predicted octanol–water partition coefficient (Wildman–Crippen LogP) is 4.11. The highest BCUT2D eigenvalue weighted by Gasteiger charge is 2.07. The lowest BCUT2D eigenvalue weighted by atomic mass is 10.1. The third kappa shape index (κ3) is 2.05. The minimum Gasteiger partial charge on any atom is -0.194 e. The zero-order valence-electron chi connectivity index (χ0n) is 7.81. The van der Waals surface area contributed by atoms with Crippen molar-refractivity contribution in [2.24, 2.45) is 4.99 Å². The fourth-order valence-corrected chi connectivity index (χ4v) is 1.76. The smallest absolute Gasteiger partial charge is 0.0809 e. The van der Waals surface area contributed by atoms with E-state index in [1.165, 1.54) is 5.56 Å². The van der Waals surface area contributed by atoms with Crippen LogP contribution in [0.1, 0.15) is 16.7 Å². The zero-order chi connectivity index (χ0) is 10.0. The van der Waals surface area contributed by atoms with Gasteiger partial charge in [-0.25, -0.2) is 0 Å². The first-order chi connectivity index (χ1) is 6.07. The number of benzene rings is 1. The fourth-order valence-electron chi connectivity index (χ4n) is 1.37. The molecule has 0 aromatic heterocycles. The number of halogens is 1. The van der Waals surface area contributed by atoms with E-state index >= 15 is 0 Å². The summed E-state index contributed by atoms with van der Waals surface area (Å²) in [7, 11) is 0. The number of hydrogen-bond acceptors (Lipinski definition) is 2. The summed E-state index contributed by atoms with van der Waals surface area (Å²) in [4.78, 5) is 4.04. The summed E-state index contributed by atoms with van der Waals surface area (Å²) in [6.07, 6.45) is 0. The molecule has 68 valence electrons. The first-order valence-corrected chi connectivity index (χ1v) is 5.12. The van der Waals surface area contributed by atoms with Crippen molar-refractivity contribution >= 4 is 39.0 Å². The molecule has 0 amide bonds. The van der Waals surface area contributed by atoms with Crippen molar-refractivity contribution in [1.29, 1.82) is 0 Å². The van der Waals surface area contributed by atoms with Gasteiger partial charge in [0.05, 0.1) is 10.8 Å². The Morgan fingerprint density at radius 1 is 1.31 bits per heavy atom. The van der Waals surface area contributed by atoms with Gasteiger partial charge >= 0.3 is 0 Å². The third-order valence-electron chi connectivity index (χ3n) is 1.99. The minimum atomic E-state index is 0.924. The van der Waals surface area contributed by atoms with Crippen LogP contribution in [0, 0.1) is 20.8 Å². The molecule has 0 fully saturated rings. The summed E-state index contributed by atoms with van der Waals surface area (Å²) in [5, 5.41) is 2.40. The molecule has 1 aromatic carbocycles. The summed E-state index contributed by atoms with van der Waals surface area (Å²) in [6, 6.07) is 2.09. The summed E-state index contributed by atoms with van der Waals surface area (Å²) < 4.78 is 1.10. The van der Waals surface area contributed by atoms with E-state index in [2.05, 4.69) is 51.3 Å². The first kappa shape index (κ1) is 10.6. The maximum atomic E-state index is 4.60. The molecule has 0 aliphatic carbocycles. The SMILES string of the molecule is Cc1cc(C)c(N=C=S)c(C)c1Br. The predicted molar refractivity (Wildman–Crippen MR) is 63.0 cm³/mol. The molecule has 0 N–H and O–H groups in total. The van der Waals surface area contributed by atoms with Crippen LogP contribution < -0.4 is 0 Å². The number of aliphatic imine (C=N–C) groups is 1. The van der Waals surface area contributed by atoms with Crippen LogP contribution in [0.5, 0.6) is 0 Å². The minimum absolute atomic E-state index is 0.924. The number of aryl methyl sites for hydroxylation is 2.